The van der Waals surface area contributed by atoms with Crippen molar-refractivity contribution in [3.05, 3.63) is 63.2 Å². The van der Waals surface area contributed by atoms with Crippen LogP contribution in [0.15, 0.2) is 41.2 Å². The van der Waals surface area contributed by atoms with E-state index in [4.69, 9.17) is 16.3 Å². The second-order valence-corrected chi connectivity index (χ2v) is 9.31. The maximum atomic E-state index is 13.3. The second kappa shape index (κ2) is 8.35. The first kappa shape index (κ1) is 21.7. The summed E-state index contributed by atoms with van der Waals surface area (Å²) >= 11 is 6.17. The maximum absolute atomic E-state index is 13.3. The number of likely N-dealkylation sites (tertiary alicyclic amines) is 1. The Kier molecular flexibility index (Phi) is 5.50. The quantitative estimate of drug-likeness (QED) is 0.573. The van der Waals surface area contributed by atoms with Crippen LogP contribution in [-0.4, -0.2) is 52.6 Å². The zero-order valence-electron chi connectivity index (χ0n) is 18.4. The predicted molar refractivity (Wildman–Crippen MR) is 126 cm³/mol. The molecule has 0 radical (unpaired) electrons. The van der Waals surface area contributed by atoms with Crippen molar-refractivity contribution in [3.8, 4) is 0 Å². The molecule has 1 fully saturated rings. The minimum Gasteiger partial charge on any atom is -0.464 e. The van der Waals surface area contributed by atoms with Crippen molar-refractivity contribution in [2.45, 2.75) is 31.8 Å². The Hall–Kier alpha value is -3.10. The van der Waals surface area contributed by atoms with Crippen LogP contribution in [0.1, 0.15) is 35.4 Å². The molecule has 1 aromatic carbocycles. The molecule has 3 aromatic rings. The number of esters is 1. The highest BCUT2D eigenvalue weighted by Gasteiger charge is 2.37. The summed E-state index contributed by atoms with van der Waals surface area (Å²) in [4.78, 5) is 43.1. The predicted octanol–water partition coefficient (Wildman–Crippen LogP) is 3.22. The molecule has 2 aromatic heterocycles. The van der Waals surface area contributed by atoms with Crippen molar-refractivity contribution in [2.75, 3.05) is 25.5 Å². The lowest BCUT2D eigenvalue weighted by atomic mass is 9.82. The number of hydrogen-bond donors (Lipinski definition) is 2. The van der Waals surface area contributed by atoms with E-state index < -0.39 is 12.0 Å². The molecule has 1 amide bonds. The minimum atomic E-state index is -0.570. The first-order valence-electron chi connectivity index (χ1n) is 11.0. The van der Waals surface area contributed by atoms with Gasteiger partial charge in [0.25, 0.3) is 5.56 Å². The van der Waals surface area contributed by atoms with E-state index in [0.29, 0.717) is 40.6 Å². The molecule has 2 aliphatic heterocycles. The highest BCUT2D eigenvalue weighted by molar-refractivity contribution is 6.31. The number of pyridine rings is 1. The summed E-state index contributed by atoms with van der Waals surface area (Å²) in [5.41, 5.74) is 2.30. The van der Waals surface area contributed by atoms with Gasteiger partial charge in [-0.1, -0.05) is 17.7 Å². The number of ether oxygens (including phenoxy) is 1. The van der Waals surface area contributed by atoms with Gasteiger partial charge in [-0.15, -0.1) is 0 Å². The molecule has 0 unspecified atom stereocenters. The lowest BCUT2D eigenvalue weighted by molar-refractivity contribution is -0.121. The third kappa shape index (κ3) is 3.83. The van der Waals surface area contributed by atoms with Gasteiger partial charge in [-0.25, -0.2) is 4.79 Å². The van der Waals surface area contributed by atoms with Crippen LogP contribution in [-0.2, 0) is 16.1 Å². The van der Waals surface area contributed by atoms with Gasteiger partial charge in [0, 0.05) is 53.2 Å². The topological polar surface area (TPSA) is 96.4 Å². The van der Waals surface area contributed by atoms with Gasteiger partial charge in [0.05, 0.1) is 18.8 Å². The molecule has 4 heterocycles. The Morgan fingerprint density at radius 2 is 2.03 bits per heavy atom. The summed E-state index contributed by atoms with van der Waals surface area (Å²) in [6.45, 7) is 3.96. The molecule has 33 heavy (non-hydrogen) atoms. The number of rotatable bonds is 4. The summed E-state index contributed by atoms with van der Waals surface area (Å²) in [6, 6.07) is 10.2. The summed E-state index contributed by atoms with van der Waals surface area (Å²) in [6.07, 6.45) is 1.02. The first-order chi connectivity index (χ1) is 15.9. The summed E-state index contributed by atoms with van der Waals surface area (Å²) in [7, 11) is 1.30. The zero-order valence-corrected chi connectivity index (χ0v) is 19.2. The fourth-order valence-electron chi connectivity index (χ4n) is 5.19. The van der Waals surface area contributed by atoms with Crippen molar-refractivity contribution < 1.29 is 14.3 Å². The van der Waals surface area contributed by atoms with E-state index in [1.54, 1.807) is 30.3 Å². The van der Waals surface area contributed by atoms with Gasteiger partial charge in [-0.2, -0.15) is 0 Å². The van der Waals surface area contributed by atoms with Gasteiger partial charge >= 0.3 is 5.97 Å². The number of H-pyrrole nitrogens is 1. The molecule has 5 rings (SSSR count). The van der Waals surface area contributed by atoms with Gasteiger partial charge < -0.3 is 19.6 Å². The average molecular weight is 469 g/mol. The highest BCUT2D eigenvalue weighted by atomic mass is 35.5. The van der Waals surface area contributed by atoms with E-state index >= 15 is 0 Å². The Balaban J connectivity index is 1.40. The maximum Gasteiger partial charge on any atom is 0.356 e. The fourth-order valence-corrected chi connectivity index (χ4v) is 5.36. The van der Waals surface area contributed by atoms with E-state index in [9.17, 15) is 14.4 Å². The lowest BCUT2D eigenvalue weighted by Gasteiger charge is -2.44. The van der Waals surface area contributed by atoms with E-state index in [-0.39, 0.29) is 23.1 Å². The van der Waals surface area contributed by atoms with Crippen LogP contribution >= 0.6 is 11.6 Å². The largest absolute Gasteiger partial charge is 0.464 e. The number of fused-ring (bicyclic) bond motifs is 5. The molecule has 9 heteroatoms. The molecule has 0 aliphatic carbocycles. The number of aromatic amines is 1. The molecule has 2 N–H and O–H groups in total. The van der Waals surface area contributed by atoms with Gasteiger partial charge in [0.2, 0.25) is 5.91 Å². The van der Waals surface area contributed by atoms with Crippen LogP contribution < -0.4 is 10.9 Å². The number of benzene rings is 1. The van der Waals surface area contributed by atoms with Crippen LogP contribution in [0.3, 0.4) is 0 Å². The summed E-state index contributed by atoms with van der Waals surface area (Å²) in [5, 5.41) is 4.09. The molecule has 8 nitrogen and oxygen atoms in total. The number of aromatic nitrogens is 2. The molecular weight excluding hydrogens is 444 g/mol. The molecule has 2 aliphatic rings. The smallest absolute Gasteiger partial charge is 0.356 e. The van der Waals surface area contributed by atoms with E-state index in [2.05, 4.69) is 15.2 Å². The van der Waals surface area contributed by atoms with Crippen LogP contribution in [0, 0.1) is 5.92 Å². The standard InChI is InChI=1S/C24H25ClN4O4/c1-13(28-10-14-8-15(12-28)19-4-3-5-20(30)29(19)11-14)23(31)27-21-17-9-16(25)6-7-18(17)26-22(21)24(32)33-2/h3-7,9,13-15,26H,8,10-12H2,1-2H3,(H,27,31)/t13-,14-,15-/m1/s1. The minimum absolute atomic E-state index is 0.0368. The monoisotopic (exact) mass is 468 g/mol. The number of halogens is 1. The van der Waals surface area contributed by atoms with Crippen LogP contribution in [0.4, 0.5) is 5.69 Å². The highest BCUT2D eigenvalue weighted by Crippen LogP contribution is 2.36. The van der Waals surface area contributed by atoms with Gasteiger partial charge in [-0.3, -0.25) is 14.5 Å². The van der Waals surface area contributed by atoms with E-state index in [1.807, 2.05) is 17.6 Å². The van der Waals surface area contributed by atoms with Crippen molar-refractivity contribution in [3.63, 3.8) is 0 Å². The third-order valence-electron chi connectivity index (χ3n) is 6.83. The Bertz CT molecular complexity index is 1310. The Morgan fingerprint density at radius 3 is 2.82 bits per heavy atom. The molecule has 172 valence electrons. The van der Waals surface area contributed by atoms with Gasteiger partial charge in [0.15, 0.2) is 0 Å². The van der Waals surface area contributed by atoms with Crippen LogP contribution in [0.25, 0.3) is 10.9 Å². The number of amides is 1. The molecule has 0 spiro atoms. The third-order valence-corrected chi connectivity index (χ3v) is 7.07. The molecule has 1 saturated heterocycles. The van der Waals surface area contributed by atoms with Crippen LogP contribution in [0.2, 0.25) is 5.02 Å². The van der Waals surface area contributed by atoms with Crippen LogP contribution in [0.5, 0.6) is 0 Å². The fraction of sp³-hybridized carbons (Fsp3) is 0.375. The van der Waals surface area contributed by atoms with E-state index in [1.165, 1.54) is 7.11 Å². The van der Waals surface area contributed by atoms with Crippen molar-refractivity contribution >= 4 is 40.1 Å². The molecule has 2 bridgehead atoms. The van der Waals surface area contributed by atoms with Crippen molar-refractivity contribution in [1.82, 2.24) is 14.5 Å². The van der Waals surface area contributed by atoms with Crippen molar-refractivity contribution in [1.29, 1.82) is 0 Å². The SMILES string of the molecule is COC(=O)c1[nH]c2ccc(Cl)cc2c1NC(=O)[C@@H](C)N1C[C@H]2C[C@H](C1)c1cccc(=O)n1C2. The van der Waals surface area contributed by atoms with E-state index in [0.717, 1.165) is 18.7 Å². The Morgan fingerprint density at radius 1 is 1.21 bits per heavy atom. The van der Waals surface area contributed by atoms with Gasteiger partial charge in [-0.05, 0) is 43.5 Å². The van der Waals surface area contributed by atoms with Crippen molar-refractivity contribution in [2.24, 2.45) is 5.92 Å². The molecule has 0 saturated carbocycles. The number of piperidine rings is 1. The lowest BCUT2D eigenvalue weighted by Crippen LogP contribution is -2.52. The number of nitrogens with zero attached hydrogens (tertiary/aromatic N) is 2. The number of carbonyl (C=O) groups is 2. The number of anilines is 1. The summed E-state index contributed by atoms with van der Waals surface area (Å²) < 4.78 is 6.77. The number of nitrogens with one attached hydrogen (secondary N) is 2. The summed E-state index contributed by atoms with van der Waals surface area (Å²) in [5.74, 6) is -0.269. The number of carbonyl (C=O) groups excluding carboxylic acids is 2. The molecule has 3 atom stereocenters. The zero-order chi connectivity index (χ0) is 23.3. The molecular formula is C24H25ClN4O4. The number of methoxy groups -OCH3 is 1. The first-order valence-corrected chi connectivity index (χ1v) is 11.4. The Labute approximate surface area is 195 Å². The average Bonchev–Trinajstić information content (AvgIpc) is 3.16. The second-order valence-electron chi connectivity index (χ2n) is 8.87. The normalized spacial score (nSPS) is 20.8. The van der Waals surface area contributed by atoms with Gasteiger partial charge in [0.1, 0.15) is 5.69 Å². The number of hydrogen-bond acceptors (Lipinski definition) is 5.